The summed E-state index contributed by atoms with van der Waals surface area (Å²) in [7, 11) is 0. The van der Waals surface area contributed by atoms with Gasteiger partial charge in [0.05, 0.1) is 12.7 Å². The van der Waals surface area contributed by atoms with Gasteiger partial charge in [-0.25, -0.2) is 0 Å². The van der Waals surface area contributed by atoms with E-state index in [1.54, 1.807) is 0 Å². The third kappa shape index (κ3) is 8.58. The van der Waals surface area contributed by atoms with Crippen molar-refractivity contribution in [2.24, 2.45) is 11.8 Å². The molecule has 0 amide bonds. The van der Waals surface area contributed by atoms with Crippen LogP contribution in [0.4, 0.5) is 0 Å². The molecule has 0 aromatic rings. The van der Waals surface area contributed by atoms with Crippen LogP contribution in [0.2, 0.25) is 0 Å². The Balaban J connectivity index is 0. The molecule has 1 heterocycles. The highest BCUT2D eigenvalue weighted by Crippen LogP contribution is 2.04. The summed E-state index contributed by atoms with van der Waals surface area (Å²) in [4.78, 5) is 2.51. The quantitative estimate of drug-likeness (QED) is 0.628. The van der Waals surface area contributed by atoms with Crippen LogP contribution in [-0.4, -0.2) is 63.4 Å². The van der Waals surface area contributed by atoms with Crippen molar-refractivity contribution in [3.63, 3.8) is 0 Å². The third-order valence-corrected chi connectivity index (χ3v) is 3.30. The number of hydrogen-bond acceptors (Lipinski definition) is 4. The van der Waals surface area contributed by atoms with E-state index in [0.717, 1.165) is 58.3 Å². The van der Waals surface area contributed by atoms with Crippen molar-refractivity contribution in [3.8, 4) is 0 Å². The lowest BCUT2D eigenvalue weighted by atomic mass is 10.2. The Hall–Kier alpha value is -0.160. The molecular formula is C15H37N3O. The lowest BCUT2D eigenvalue weighted by Gasteiger charge is -2.33. The Labute approximate surface area is 122 Å². The molecule has 1 saturated heterocycles. The number of rotatable bonds is 9. The summed E-state index contributed by atoms with van der Waals surface area (Å²) in [6, 6.07) is 0. The fraction of sp³-hybridized carbons (Fsp3) is 1.00. The van der Waals surface area contributed by atoms with Gasteiger partial charge >= 0.3 is 0 Å². The lowest BCUT2D eigenvalue weighted by Crippen LogP contribution is -2.48. The molecule has 0 spiro atoms. The summed E-state index contributed by atoms with van der Waals surface area (Å²) >= 11 is 0. The Kier molecular flexibility index (Phi) is 8.62. The maximum Gasteiger partial charge on any atom is 0.0826 e. The van der Waals surface area contributed by atoms with Gasteiger partial charge in [-0.1, -0.05) is 27.7 Å². The molecular weight excluding hydrogens is 238 g/mol. The molecule has 4 nitrogen and oxygen atoms in total. The summed E-state index contributed by atoms with van der Waals surface area (Å²) in [5.74, 6) is 1.44. The molecule has 0 radical (unpaired) electrons. The van der Waals surface area contributed by atoms with Gasteiger partial charge in [-0.05, 0) is 24.9 Å². The van der Waals surface area contributed by atoms with Gasteiger partial charge in [0.25, 0.3) is 0 Å². The highest BCUT2D eigenvalue weighted by Gasteiger charge is 2.19. The van der Waals surface area contributed by atoms with Crippen molar-refractivity contribution < 1.29 is 7.59 Å². The zero-order valence-corrected chi connectivity index (χ0v) is 13.2. The third-order valence-electron chi connectivity index (χ3n) is 3.30. The fourth-order valence-corrected chi connectivity index (χ4v) is 2.27. The first-order valence-electron chi connectivity index (χ1n) is 7.83. The Morgan fingerprint density at radius 1 is 1.16 bits per heavy atom. The van der Waals surface area contributed by atoms with Crippen molar-refractivity contribution in [2.45, 2.75) is 33.8 Å². The van der Waals surface area contributed by atoms with E-state index < -0.39 is 0 Å². The first kappa shape index (κ1) is 16.9. The maximum absolute atomic E-state index is 5.81. The second kappa shape index (κ2) is 9.70. The van der Waals surface area contributed by atoms with Crippen LogP contribution < -0.4 is 10.6 Å². The highest BCUT2D eigenvalue weighted by atomic mass is 16.5. The second-order valence-corrected chi connectivity index (χ2v) is 6.44. The van der Waals surface area contributed by atoms with E-state index in [1.807, 2.05) is 0 Å². The summed E-state index contributed by atoms with van der Waals surface area (Å²) in [5.41, 5.74) is 0. The molecule has 2 N–H and O–H groups in total. The summed E-state index contributed by atoms with van der Waals surface area (Å²) in [5, 5.41) is 7.00. The topological polar surface area (TPSA) is 36.5 Å². The van der Waals surface area contributed by atoms with Crippen LogP contribution in [-0.2, 0) is 4.74 Å². The van der Waals surface area contributed by atoms with Crippen LogP contribution in [0.1, 0.15) is 30.5 Å². The van der Waals surface area contributed by atoms with E-state index in [2.05, 4.69) is 43.2 Å². The van der Waals surface area contributed by atoms with Gasteiger partial charge < -0.3 is 15.4 Å². The van der Waals surface area contributed by atoms with Crippen molar-refractivity contribution >= 4 is 0 Å². The predicted octanol–water partition coefficient (Wildman–Crippen LogP) is 1.67. The van der Waals surface area contributed by atoms with Crippen LogP contribution in [0.5, 0.6) is 0 Å². The molecule has 0 bridgehead atoms. The molecule has 1 fully saturated rings. The average molecular weight is 275 g/mol. The van der Waals surface area contributed by atoms with Crippen LogP contribution in [0.25, 0.3) is 0 Å². The minimum atomic E-state index is 0. The molecule has 0 saturated carbocycles. The van der Waals surface area contributed by atoms with Gasteiger partial charge in [-0.2, -0.15) is 0 Å². The normalized spacial score (nSPS) is 21.5. The standard InChI is InChI=1S/C15H33N3O.2H2/c1-13(2)9-16-5-6-18-7-8-19-15(12-18)11-17-10-14(3)4;;/h13-17H,5-12H2,1-4H3;2*1H/t15-;;/m0../s1. The highest BCUT2D eigenvalue weighted by molar-refractivity contribution is 4.74. The first-order valence-corrected chi connectivity index (χ1v) is 7.83. The number of ether oxygens (including phenoxy) is 1. The first-order chi connectivity index (χ1) is 9.08. The van der Waals surface area contributed by atoms with Gasteiger partial charge in [-0.15, -0.1) is 0 Å². The van der Waals surface area contributed by atoms with Gasteiger partial charge in [0.2, 0.25) is 0 Å². The van der Waals surface area contributed by atoms with Crippen LogP contribution in [0, 0.1) is 11.8 Å². The van der Waals surface area contributed by atoms with Crippen molar-refractivity contribution in [1.29, 1.82) is 0 Å². The van der Waals surface area contributed by atoms with Crippen LogP contribution >= 0.6 is 0 Å². The fourth-order valence-electron chi connectivity index (χ4n) is 2.27. The zero-order chi connectivity index (χ0) is 14.1. The smallest absolute Gasteiger partial charge is 0.0826 e. The van der Waals surface area contributed by atoms with Gasteiger partial charge in [0, 0.05) is 35.6 Å². The lowest BCUT2D eigenvalue weighted by molar-refractivity contribution is -0.0267. The molecule has 1 aliphatic heterocycles. The van der Waals surface area contributed by atoms with Gasteiger partial charge in [0.1, 0.15) is 0 Å². The van der Waals surface area contributed by atoms with E-state index in [1.165, 1.54) is 0 Å². The molecule has 4 heteroatoms. The predicted molar refractivity (Wildman–Crippen MR) is 85.8 cm³/mol. The van der Waals surface area contributed by atoms with Crippen molar-refractivity contribution in [1.82, 2.24) is 15.5 Å². The SMILES string of the molecule is CC(C)CNCCN1CCO[C@@H](CNCC(C)C)C1.[HH].[HH]. The molecule has 0 aromatic carbocycles. The van der Waals surface area contributed by atoms with E-state index >= 15 is 0 Å². The number of nitrogens with one attached hydrogen (secondary N) is 2. The number of morpholine rings is 1. The van der Waals surface area contributed by atoms with Crippen LogP contribution in [0.15, 0.2) is 0 Å². The summed E-state index contributed by atoms with van der Waals surface area (Å²) < 4.78 is 5.81. The van der Waals surface area contributed by atoms with Gasteiger partial charge in [-0.3, -0.25) is 4.90 Å². The van der Waals surface area contributed by atoms with Gasteiger partial charge in [0.15, 0.2) is 0 Å². The molecule has 1 atom stereocenters. The largest absolute Gasteiger partial charge is 0.374 e. The average Bonchev–Trinajstić information content (AvgIpc) is 2.34. The maximum atomic E-state index is 5.81. The van der Waals surface area contributed by atoms with Crippen LogP contribution in [0.3, 0.4) is 0 Å². The Bertz CT molecular complexity index is 231. The molecule has 0 aliphatic carbocycles. The number of hydrogen-bond donors (Lipinski definition) is 2. The molecule has 0 aromatic heterocycles. The monoisotopic (exact) mass is 275 g/mol. The minimum absolute atomic E-state index is 0. The molecule has 118 valence electrons. The van der Waals surface area contributed by atoms with E-state index in [9.17, 15) is 0 Å². The molecule has 19 heavy (non-hydrogen) atoms. The van der Waals surface area contributed by atoms with Crippen molar-refractivity contribution in [3.05, 3.63) is 0 Å². The van der Waals surface area contributed by atoms with E-state index in [-0.39, 0.29) is 2.85 Å². The number of nitrogens with zero attached hydrogens (tertiary/aromatic N) is 1. The molecule has 1 rings (SSSR count). The second-order valence-electron chi connectivity index (χ2n) is 6.44. The summed E-state index contributed by atoms with van der Waals surface area (Å²) in [6.07, 6.45) is 0.359. The summed E-state index contributed by atoms with van der Waals surface area (Å²) in [6.45, 7) is 17.4. The zero-order valence-electron chi connectivity index (χ0n) is 13.2. The molecule has 1 aliphatic rings. The van der Waals surface area contributed by atoms with E-state index in [0.29, 0.717) is 12.0 Å². The molecule has 0 unspecified atom stereocenters. The van der Waals surface area contributed by atoms with E-state index in [4.69, 9.17) is 4.74 Å². The Morgan fingerprint density at radius 3 is 2.53 bits per heavy atom. The minimum Gasteiger partial charge on any atom is -0.374 e. The Morgan fingerprint density at radius 2 is 1.84 bits per heavy atom. The van der Waals surface area contributed by atoms with Crippen molar-refractivity contribution in [2.75, 3.05) is 52.4 Å².